The Morgan fingerprint density at radius 1 is 1.41 bits per heavy atom. The lowest BCUT2D eigenvalue weighted by molar-refractivity contribution is -0.121. The van der Waals surface area contributed by atoms with Gasteiger partial charge in [-0.1, -0.05) is 12.1 Å². The molecule has 0 aliphatic carbocycles. The molecule has 0 aliphatic heterocycles. The van der Waals surface area contributed by atoms with Crippen molar-refractivity contribution in [2.24, 2.45) is 5.73 Å². The van der Waals surface area contributed by atoms with Gasteiger partial charge in [-0.2, -0.15) is 0 Å². The van der Waals surface area contributed by atoms with Crippen LogP contribution in [0.15, 0.2) is 24.3 Å². The number of nitrogens with one attached hydrogen (secondary N) is 1. The lowest BCUT2D eigenvalue weighted by Crippen LogP contribution is -2.23. The van der Waals surface area contributed by atoms with Crippen molar-refractivity contribution in [1.29, 1.82) is 0 Å². The molecule has 0 saturated heterocycles. The van der Waals surface area contributed by atoms with Crippen molar-refractivity contribution in [3.05, 3.63) is 35.6 Å². The number of rotatable bonds is 6. The van der Waals surface area contributed by atoms with Gasteiger partial charge >= 0.3 is 0 Å². The average molecular weight is 238 g/mol. The van der Waals surface area contributed by atoms with Crippen molar-refractivity contribution in [2.75, 3.05) is 0 Å². The molecule has 0 aliphatic rings. The minimum atomic E-state index is -0.267. The maximum Gasteiger partial charge on any atom is 0.220 e. The quantitative estimate of drug-likeness (QED) is 0.796. The predicted molar refractivity (Wildman–Crippen MR) is 65.7 cm³/mol. The second-order valence-corrected chi connectivity index (χ2v) is 4.27. The monoisotopic (exact) mass is 238 g/mol. The fourth-order valence-corrected chi connectivity index (χ4v) is 1.48. The molecule has 0 fully saturated rings. The van der Waals surface area contributed by atoms with Crippen LogP contribution in [0.3, 0.4) is 0 Å². The van der Waals surface area contributed by atoms with Crippen LogP contribution in [0, 0.1) is 5.82 Å². The van der Waals surface area contributed by atoms with E-state index in [1.807, 2.05) is 6.92 Å². The summed E-state index contributed by atoms with van der Waals surface area (Å²) in [6.45, 7) is 2.37. The Labute approximate surface area is 101 Å². The van der Waals surface area contributed by atoms with E-state index in [0.717, 1.165) is 18.4 Å². The summed E-state index contributed by atoms with van der Waals surface area (Å²) >= 11 is 0. The molecule has 0 aromatic heterocycles. The molecular weight excluding hydrogens is 219 g/mol. The minimum absolute atomic E-state index is 0.00924. The van der Waals surface area contributed by atoms with E-state index in [4.69, 9.17) is 5.73 Å². The summed E-state index contributed by atoms with van der Waals surface area (Å²) in [5, 5.41) is 2.79. The van der Waals surface area contributed by atoms with Crippen LogP contribution >= 0.6 is 0 Å². The smallest absolute Gasteiger partial charge is 0.220 e. The van der Waals surface area contributed by atoms with Crippen LogP contribution in [-0.4, -0.2) is 11.9 Å². The summed E-state index contributed by atoms with van der Waals surface area (Å²) < 4.78 is 12.6. The molecule has 0 bridgehead atoms. The van der Waals surface area contributed by atoms with Crippen molar-refractivity contribution in [2.45, 2.75) is 38.8 Å². The topological polar surface area (TPSA) is 55.1 Å². The van der Waals surface area contributed by atoms with E-state index in [1.54, 1.807) is 12.1 Å². The van der Waals surface area contributed by atoms with Gasteiger partial charge in [-0.15, -0.1) is 0 Å². The second kappa shape index (κ2) is 7.01. The molecule has 17 heavy (non-hydrogen) atoms. The van der Waals surface area contributed by atoms with Crippen molar-refractivity contribution >= 4 is 5.91 Å². The molecule has 1 aromatic rings. The lowest BCUT2D eigenvalue weighted by Gasteiger charge is -2.06. The maximum absolute atomic E-state index is 12.6. The van der Waals surface area contributed by atoms with Gasteiger partial charge in [-0.3, -0.25) is 4.79 Å². The highest BCUT2D eigenvalue weighted by molar-refractivity contribution is 5.75. The molecule has 1 unspecified atom stereocenters. The first-order valence-corrected chi connectivity index (χ1v) is 5.84. The summed E-state index contributed by atoms with van der Waals surface area (Å²) in [5.74, 6) is -0.257. The molecule has 1 rings (SSSR count). The zero-order valence-electron chi connectivity index (χ0n) is 10.1. The van der Waals surface area contributed by atoms with Gasteiger partial charge in [0.25, 0.3) is 0 Å². The summed E-state index contributed by atoms with van der Waals surface area (Å²) in [5.41, 5.74) is 6.49. The molecule has 0 spiro atoms. The minimum Gasteiger partial charge on any atom is -0.352 e. The fraction of sp³-hybridized carbons (Fsp3) is 0.462. The van der Waals surface area contributed by atoms with Gasteiger partial charge in [0.05, 0.1) is 0 Å². The van der Waals surface area contributed by atoms with E-state index in [-0.39, 0.29) is 17.8 Å². The van der Waals surface area contributed by atoms with Crippen LogP contribution in [0.5, 0.6) is 0 Å². The molecule has 4 heteroatoms. The number of carbonyl (C=O) groups is 1. The molecule has 3 nitrogen and oxygen atoms in total. The van der Waals surface area contributed by atoms with Gasteiger partial charge in [-0.05, 0) is 37.5 Å². The number of hydrogen-bond donors (Lipinski definition) is 2. The third kappa shape index (κ3) is 6.02. The maximum atomic E-state index is 12.6. The highest BCUT2D eigenvalue weighted by Gasteiger charge is 2.02. The van der Waals surface area contributed by atoms with Crippen molar-refractivity contribution < 1.29 is 9.18 Å². The van der Waals surface area contributed by atoms with Crippen LogP contribution in [0.25, 0.3) is 0 Å². The molecule has 1 atom stereocenters. The van der Waals surface area contributed by atoms with Gasteiger partial charge < -0.3 is 11.1 Å². The average Bonchev–Trinajstić information content (AvgIpc) is 2.28. The predicted octanol–water partition coefficient (Wildman–Crippen LogP) is 1.96. The number of amides is 1. The highest BCUT2D eigenvalue weighted by atomic mass is 19.1. The SMILES string of the molecule is CC(N)CCCC(=O)NCc1ccc(F)cc1. The van der Waals surface area contributed by atoms with E-state index in [1.165, 1.54) is 12.1 Å². The zero-order valence-corrected chi connectivity index (χ0v) is 10.1. The molecule has 0 heterocycles. The third-order valence-electron chi connectivity index (χ3n) is 2.47. The van der Waals surface area contributed by atoms with E-state index in [2.05, 4.69) is 5.32 Å². The Kier molecular flexibility index (Phi) is 5.63. The molecule has 1 amide bonds. The molecule has 3 N–H and O–H groups in total. The van der Waals surface area contributed by atoms with Crippen LogP contribution in [0.2, 0.25) is 0 Å². The third-order valence-corrected chi connectivity index (χ3v) is 2.47. The Bertz CT molecular complexity index is 349. The summed E-state index contributed by atoms with van der Waals surface area (Å²) in [7, 11) is 0. The van der Waals surface area contributed by atoms with Gasteiger partial charge in [0.1, 0.15) is 5.82 Å². The van der Waals surface area contributed by atoms with Crippen LogP contribution < -0.4 is 11.1 Å². The number of benzene rings is 1. The van der Waals surface area contributed by atoms with Crippen LogP contribution in [-0.2, 0) is 11.3 Å². The molecule has 94 valence electrons. The van der Waals surface area contributed by atoms with Gasteiger partial charge in [0.15, 0.2) is 0 Å². The fourth-order valence-electron chi connectivity index (χ4n) is 1.48. The Morgan fingerprint density at radius 3 is 2.65 bits per heavy atom. The number of halogens is 1. The Balaban J connectivity index is 2.21. The molecular formula is C13H19FN2O. The van der Waals surface area contributed by atoms with E-state index < -0.39 is 0 Å². The van der Waals surface area contributed by atoms with Gasteiger partial charge in [0, 0.05) is 19.0 Å². The van der Waals surface area contributed by atoms with Crippen molar-refractivity contribution in [3.8, 4) is 0 Å². The van der Waals surface area contributed by atoms with Crippen LogP contribution in [0.4, 0.5) is 4.39 Å². The first-order valence-electron chi connectivity index (χ1n) is 5.84. The van der Waals surface area contributed by atoms with Gasteiger partial charge in [0.2, 0.25) is 5.91 Å². The molecule has 0 saturated carbocycles. The Morgan fingerprint density at radius 2 is 2.06 bits per heavy atom. The van der Waals surface area contributed by atoms with E-state index in [9.17, 15) is 9.18 Å². The van der Waals surface area contributed by atoms with Gasteiger partial charge in [-0.25, -0.2) is 4.39 Å². The van der Waals surface area contributed by atoms with E-state index >= 15 is 0 Å². The lowest BCUT2D eigenvalue weighted by atomic mass is 10.1. The summed E-state index contributed by atoms with van der Waals surface area (Å²) in [6.07, 6.45) is 2.14. The molecule has 0 radical (unpaired) electrons. The summed E-state index contributed by atoms with van der Waals surface area (Å²) in [4.78, 5) is 11.4. The number of nitrogens with two attached hydrogens (primary N) is 1. The zero-order chi connectivity index (χ0) is 12.7. The first-order chi connectivity index (χ1) is 8.08. The standard InChI is InChI=1S/C13H19FN2O/c1-10(15)3-2-4-13(17)16-9-11-5-7-12(14)8-6-11/h5-8,10H,2-4,9,15H2,1H3,(H,16,17). The van der Waals surface area contributed by atoms with Crippen molar-refractivity contribution in [1.82, 2.24) is 5.32 Å². The normalized spacial score (nSPS) is 12.2. The van der Waals surface area contributed by atoms with Crippen LogP contribution in [0.1, 0.15) is 31.7 Å². The van der Waals surface area contributed by atoms with Crippen molar-refractivity contribution in [3.63, 3.8) is 0 Å². The Hall–Kier alpha value is -1.42. The summed E-state index contributed by atoms with van der Waals surface area (Å²) in [6, 6.07) is 6.24. The first kappa shape index (κ1) is 13.6. The number of hydrogen-bond acceptors (Lipinski definition) is 2. The second-order valence-electron chi connectivity index (χ2n) is 4.27. The number of carbonyl (C=O) groups excluding carboxylic acids is 1. The molecule has 1 aromatic carbocycles. The largest absolute Gasteiger partial charge is 0.352 e. The van der Waals surface area contributed by atoms with E-state index in [0.29, 0.717) is 13.0 Å². The highest BCUT2D eigenvalue weighted by Crippen LogP contribution is 2.03.